The van der Waals surface area contributed by atoms with Gasteiger partial charge in [0.1, 0.15) is 5.82 Å². The lowest BCUT2D eigenvalue weighted by molar-refractivity contribution is 0.249. The van der Waals surface area contributed by atoms with Crippen LogP contribution < -0.4 is 10.6 Å². The van der Waals surface area contributed by atoms with Crippen molar-refractivity contribution in [3.05, 3.63) is 65.5 Å². The highest BCUT2D eigenvalue weighted by molar-refractivity contribution is 5.54. The quantitative estimate of drug-likeness (QED) is 0.921. The van der Waals surface area contributed by atoms with Gasteiger partial charge in [-0.05, 0) is 42.3 Å². The van der Waals surface area contributed by atoms with Crippen LogP contribution in [0.3, 0.4) is 0 Å². The molecule has 1 aliphatic heterocycles. The van der Waals surface area contributed by atoms with Gasteiger partial charge in [0.05, 0.1) is 0 Å². The molecule has 0 unspecified atom stereocenters. The zero-order valence-corrected chi connectivity index (χ0v) is 13.4. The summed E-state index contributed by atoms with van der Waals surface area (Å²) in [6, 6.07) is 15.6. The molecule has 1 aliphatic rings. The Bertz CT molecular complexity index is 622. The van der Waals surface area contributed by atoms with Gasteiger partial charge in [-0.25, -0.2) is 4.39 Å². The van der Waals surface area contributed by atoms with Gasteiger partial charge in [-0.3, -0.25) is 4.90 Å². The van der Waals surface area contributed by atoms with Crippen LogP contribution in [0.1, 0.15) is 11.1 Å². The molecule has 0 spiro atoms. The number of halogens is 1. The van der Waals surface area contributed by atoms with Gasteiger partial charge in [0.2, 0.25) is 0 Å². The Balaban J connectivity index is 1.63. The number of hydrogen-bond acceptors (Lipinski definition) is 3. The number of rotatable bonds is 5. The third-order valence-electron chi connectivity index (χ3n) is 4.42. The van der Waals surface area contributed by atoms with Crippen molar-refractivity contribution < 1.29 is 4.39 Å². The van der Waals surface area contributed by atoms with Crippen LogP contribution in [0, 0.1) is 5.82 Å². The van der Waals surface area contributed by atoms with E-state index < -0.39 is 0 Å². The summed E-state index contributed by atoms with van der Waals surface area (Å²) < 4.78 is 13.5. The molecule has 2 aromatic rings. The maximum Gasteiger partial charge on any atom is 0.123 e. The predicted molar refractivity (Wildman–Crippen MR) is 93.1 cm³/mol. The Labute approximate surface area is 137 Å². The number of piperazine rings is 1. The Hall–Kier alpha value is -1.91. The molecule has 0 aliphatic carbocycles. The van der Waals surface area contributed by atoms with Gasteiger partial charge in [0.15, 0.2) is 0 Å². The number of nitrogens with two attached hydrogens (primary N) is 1. The normalized spacial score (nSPS) is 15.8. The van der Waals surface area contributed by atoms with Crippen LogP contribution in [0.25, 0.3) is 0 Å². The molecule has 0 bridgehead atoms. The van der Waals surface area contributed by atoms with E-state index in [0.29, 0.717) is 6.54 Å². The third-order valence-corrected chi connectivity index (χ3v) is 4.42. The molecule has 3 rings (SSSR count). The molecule has 122 valence electrons. The summed E-state index contributed by atoms with van der Waals surface area (Å²) in [5.74, 6) is -0.181. The van der Waals surface area contributed by atoms with Gasteiger partial charge in [-0.1, -0.05) is 30.3 Å². The van der Waals surface area contributed by atoms with Gasteiger partial charge >= 0.3 is 0 Å². The highest BCUT2D eigenvalue weighted by Gasteiger charge is 2.19. The maximum absolute atomic E-state index is 13.5. The van der Waals surface area contributed by atoms with Crippen molar-refractivity contribution in [1.82, 2.24) is 4.90 Å². The van der Waals surface area contributed by atoms with E-state index in [1.54, 1.807) is 12.1 Å². The molecule has 0 radical (unpaired) electrons. The van der Waals surface area contributed by atoms with Crippen LogP contribution in [0.2, 0.25) is 0 Å². The average molecular weight is 313 g/mol. The molecule has 23 heavy (non-hydrogen) atoms. The first-order valence-electron chi connectivity index (χ1n) is 8.26. The fourth-order valence-corrected chi connectivity index (χ4v) is 3.21. The van der Waals surface area contributed by atoms with Crippen LogP contribution in [0.15, 0.2) is 48.5 Å². The van der Waals surface area contributed by atoms with E-state index in [0.717, 1.165) is 50.4 Å². The van der Waals surface area contributed by atoms with Crippen LogP contribution in [-0.4, -0.2) is 37.6 Å². The van der Waals surface area contributed by atoms with Crippen LogP contribution in [0.4, 0.5) is 10.1 Å². The maximum atomic E-state index is 13.5. The predicted octanol–water partition coefficient (Wildman–Crippen LogP) is 2.65. The van der Waals surface area contributed by atoms with Crippen molar-refractivity contribution in [2.75, 3.05) is 37.6 Å². The average Bonchev–Trinajstić information content (AvgIpc) is 2.57. The van der Waals surface area contributed by atoms with Crippen molar-refractivity contribution in [2.45, 2.75) is 13.0 Å². The fourth-order valence-electron chi connectivity index (χ4n) is 3.21. The second kappa shape index (κ2) is 7.57. The van der Waals surface area contributed by atoms with E-state index in [4.69, 9.17) is 5.73 Å². The molecule has 0 aromatic heterocycles. The van der Waals surface area contributed by atoms with Crippen LogP contribution >= 0.6 is 0 Å². The van der Waals surface area contributed by atoms with Crippen molar-refractivity contribution in [1.29, 1.82) is 0 Å². The monoisotopic (exact) mass is 313 g/mol. The lowest BCUT2D eigenvalue weighted by atomic mass is 10.1. The SMILES string of the molecule is NCCc1cc(F)ccc1N1CCN(Cc2ccccc2)CC1. The van der Waals surface area contributed by atoms with Gasteiger partial charge in [-0.2, -0.15) is 0 Å². The molecule has 0 amide bonds. The molecule has 4 heteroatoms. The zero-order valence-electron chi connectivity index (χ0n) is 13.4. The third kappa shape index (κ3) is 4.09. The highest BCUT2D eigenvalue weighted by Crippen LogP contribution is 2.24. The second-order valence-corrected chi connectivity index (χ2v) is 6.06. The van der Waals surface area contributed by atoms with Gasteiger partial charge < -0.3 is 10.6 Å². The minimum Gasteiger partial charge on any atom is -0.369 e. The molecular weight excluding hydrogens is 289 g/mol. The first-order chi connectivity index (χ1) is 11.3. The number of benzene rings is 2. The van der Waals surface area contributed by atoms with E-state index in [1.165, 1.54) is 5.56 Å². The lowest BCUT2D eigenvalue weighted by Crippen LogP contribution is -2.46. The number of hydrogen-bond donors (Lipinski definition) is 1. The smallest absolute Gasteiger partial charge is 0.123 e. The van der Waals surface area contributed by atoms with Gasteiger partial charge in [0, 0.05) is 38.4 Å². The summed E-state index contributed by atoms with van der Waals surface area (Å²) >= 11 is 0. The molecule has 2 N–H and O–H groups in total. The number of anilines is 1. The van der Waals surface area contributed by atoms with Crippen molar-refractivity contribution in [3.63, 3.8) is 0 Å². The lowest BCUT2D eigenvalue weighted by Gasteiger charge is -2.37. The van der Waals surface area contributed by atoms with E-state index in [2.05, 4.69) is 40.1 Å². The van der Waals surface area contributed by atoms with E-state index in [-0.39, 0.29) is 5.82 Å². The highest BCUT2D eigenvalue weighted by atomic mass is 19.1. The molecule has 1 fully saturated rings. The first-order valence-corrected chi connectivity index (χ1v) is 8.26. The Morgan fingerprint density at radius 3 is 2.39 bits per heavy atom. The second-order valence-electron chi connectivity index (χ2n) is 6.06. The summed E-state index contributed by atoms with van der Waals surface area (Å²) in [5, 5.41) is 0. The number of nitrogens with zero attached hydrogens (tertiary/aromatic N) is 2. The van der Waals surface area contributed by atoms with E-state index in [9.17, 15) is 4.39 Å². The van der Waals surface area contributed by atoms with E-state index >= 15 is 0 Å². The zero-order chi connectivity index (χ0) is 16.1. The van der Waals surface area contributed by atoms with Crippen molar-refractivity contribution in [2.24, 2.45) is 5.73 Å². The van der Waals surface area contributed by atoms with Gasteiger partial charge in [-0.15, -0.1) is 0 Å². The summed E-state index contributed by atoms with van der Waals surface area (Å²) in [7, 11) is 0. The Morgan fingerprint density at radius 2 is 1.70 bits per heavy atom. The fraction of sp³-hybridized carbons (Fsp3) is 0.368. The Morgan fingerprint density at radius 1 is 0.957 bits per heavy atom. The minimum atomic E-state index is -0.181. The molecule has 1 saturated heterocycles. The molecule has 2 aromatic carbocycles. The first kappa shape index (κ1) is 16.0. The summed E-state index contributed by atoms with van der Waals surface area (Å²) in [4.78, 5) is 4.82. The van der Waals surface area contributed by atoms with Crippen LogP contribution in [-0.2, 0) is 13.0 Å². The van der Waals surface area contributed by atoms with E-state index in [1.807, 2.05) is 6.07 Å². The largest absolute Gasteiger partial charge is 0.369 e. The minimum absolute atomic E-state index is 0.181. The molecule has 1 heterocycles. The van der Waals surface area contributed by atoms with Gasteiger partial charge in [0.25, 0.3) is 0 Å². The standard InChI is InChI=1S/C19H24FN3/c20-18-6-7-19(17(14-18)8-9-21)23-12-10-22(11-13-23)15-16-4-2-1-3-5-16/h1-7,14H,8-13,15,21H2. The van der Waals surface area contributed by atoms with Crippen molar-refractivity contribution in [3.8, 4) is 0 Å². The summed E-state index contributed by atoms with van der Waals surface area (Å²) in [6.45, 7) is 5.52. The summed E-state index contributed by atoms with van der Waals surface area (Å²) in [6.07, 6.45) is 0.720. The molecule has 0 atom stereocenters. The molecular formula is C19H24FN3. The van der Waals surface area contributed by atoms with Crippen LogP contribution in [0.5, 0.6) is 0 Å². The van der Waals surface area contributed by atoms with Crippen molar-refractivity contribution >= 4 is 5.69 Å². The Kier molecular flexibility index (Phi) is 5.26. The molecule has 3 nitrogen and oxygen atoms in total. The topological polar surface area (TPSA) is 32.5 Å². The summed E-state index contributed by atoms with van der Waals surface area (Å²) in [5.41, 5.74) is 9.17. The molecule has 0 saturated carbocycles.